The van der Waals surface area contributed by atoms with Crippen LogP contribution >= 0.6 is 0 Å². The molecule has 70 valence electrons. The SMILES string of the molecule is Cn1c(=O)cc(N)n(C2CC2)c1=O. The summed E-state index contributed by atoms with van der Waals surface area (Å²) in [6.45, 7) is 0. The Morgan fingerprint density at radius 3 is 2.62 bits per heavy atom. The van der Waals surface area contributed by atoms with Crippen molar-refractivity contribution in [3.8, 4) is 0 Å². The van der Waals surface area contributed by atoms with Crippen LogP contribution in [0.2, 0.25) is 0 Å². The normalized spacial score (nSPS) is 16.1. The zero-order valence-corrected chi connectivity index (χ0v) is 7.36. The Balaban J connectivity index is 2.75. The van der Waals surface area contributed by atoms with Crippen molar-refractivity contribution in [1.82, 2.24) is 9.13 Å². The summed E-state index contributed by atoms with van der Waals surface area (Å²) in [4.78, 5) is 22.7. The van der Waals surface area contributed by atoms with E-state index in [2.05, 4.69) is 0 Å². The van der Waals surface area contributed by atoms with Gasteiger partial charge in [0.15, 0.2) is 0 Å². The van der Waals surface area contributed by atoms with Gasteiger partial charge >= 0.3 is 5.69 Å². The molecule has 1 aromatic rings. The van der Waals surface area contributed by atoms with Gasteiger partial charge in [-0.15, -0.1) is 0 Å². The first kappa shape index (κ1) is 8.10. The van der Waals surface area contributed by atoms with Crippen molar-refractivity contribution in [1.29, 1.82) is 0 Å². The number of rotatable bonds is 1. The molecule has 0 aliphatic heterocycles. The number of anilines is 1. The minimum Gasteiger partial charge on any atom is -0.385 e. The predicted octanol–water partition coefficient (Wildman–Crippen LogP) is -0.536. The third-order valence-corrected chi connectivity index (χ3v) is 2.29. The number of nitrogens with zero attached hydrogens (tertiary/aromatic N) is 2. The van der Waals surface area contributed by atoms with Crippen LogP contribution < -0.4 is 17.0 Å². The van der Waals surface area contributed by atoms with Gasteiger partial charge in [0.1, 0.15) is 5.82 Å². The highest BCUT2D eigenvalue weighted by atomic mass is 16.2. The fraction of sp³-hybridized carbons (Fsp3) is 0.500. The van der Waals surface area contributed by atoms with Crippen LogP contribution in [0.3, 0.4) is 0 Å². The summed E-state index contributed by atoms with van der Waals surface area (Å²) in [5, 5.41) is 0. The van der Waals surface area contributed by atoms with E-state index in [1.807, 2.05) is 0 Å². The Labute approximate surface area is 74.4 Å². The van der Waals surface area contributed by atoms with Crippen molar-refractivity contribution in [2.45, 2.75) is 18.9 Å². The zero-order valence-electron chi connectivity index (χ0n) is 7.36. The van der Waals surface area contributed by atoms with Gasteiger partial charge in [-0.05, 0) is 12.8 Å². The van der Waals surface area contributed by atoms with Crippen molar-refractivity contribution in [3.63, 3.8) is 0 Å². The lowest BCUT2D eigenvalue weighted by molar-refractivity contribution is 0.626. The van der Waals surface area contributed by atoms with Gasteiger partial charge in [0.05, 0.1) is 0 Å². The third kappa shape index (κ3) is 1.16. The van der Waals surface area contributed by atoms with Crippen molar-refractivity contribution < 1.29 is 0 Å². The molecule has 0 amide bonds. The van der Waals surface area contributed by atoms with Gasteiger partial charge in [0.25, 0.3) is 5.56 Å². The summed E-state index contributed by atoms with van der Waals surface area (Å²) in [6, 6.07) is 1.50. The molecular formula is C8H11N3O2. The van der Waals surface area contributed by atoms with Gasteiger partial charge in [0, 0.05) is 19.2 Å². The van der Waals surface area contributed by atoms with E-state index in [4.69, 9.17) is 5.73 Å². The Hall–Kier alpha value is -1.52. The molecule has 1 saturated carbocycles. The standard InChI is InChI=1S/C8H11N3O2/c1-10-7(12)4-6(9)11(8(10)13)5-2-3-5/h4-5H,2-3,9H2,1H3. The highest BCUT2D eigenvalue weighted by Gasteiger charge is 2.27. The average molecular weight is 181 g/mol. The zero-order chi connectivity index (χ0) is 9.59. The highest BCUT2D eigenvalue weighted by molar-refractivity contribution is 5.28. The molecular weight excluding hydrogens is 170 g/mol. The molecule has 1 aliphatic carbocycles. The number of hydrogen-bond donors (Lipinski definition) is 1. The maximum atomic E-state index is 11.5. The van der Waals surface area contributed by atoms with E-state index in [0.717, 1.165) is 17.4 Å². The van der Waals surface area contributed by atoms with Gasteiger partial charge < -0.3 is 5.73 Å². The monoisotopic (exact) mass is 181 g/mol. The maximum absolute atomic E-state index is 11.5. The lowest BCUT2D eigenvalue weighted by Crippen LogP contribution is -2.38. The van der Waals surface area contributed by atoms with Crippen molar-refractivity contribution in [2.24, 2.45) is 7.05 Å². The molecule has 1 fully saturated rings. The molecule has 1 aromatic heterocycles. The van der Waals surface area contributed by atoms with Crippen molar-refractivity contribution in [2.75, 3.05) is 5.73 Å². The van der Waals surface area contributed by atoms with Crippen LogP contribution in [0.5, 0.6) is 0 Å². The number of nitrogens with two attached hydrogens (primary N) is 1. The number of nitrogen functional groups attached to an aromatic ring is 1. The van der Waals surface area contributed by atoms with E-state index in [-0.39, 0.29) is 23.1 Å². The second kappa shape index (κ2) is 2.48. The fourth-order valence-electron chi connectivity index (χ4n) is 1.36. The van der Waals surface area contributed by atoms with Crippen LogP contribution in [-0.2, 0) is 7.05 Å². The van der Waals surface area contributed by atoms with Gasteiger partial charge in [-0.2, -0.15) is 0 Å². The molecule has 0 bridgehead atoms. The molecule has 0 aromatic carbocycles. The average Bonchev–Trinajstić information content (AvgIpc) is 2.84. The van der Waals surface area contributed by atoms with Crippen LogP contribution in [0.15, 0.2) is 15.7 Å². The van der Waals surface area contributed by atoms with Gasteiger partial charge in [-0.25, -0.2) is 4.79 Å². The second-order valence-electron chi connectivity index (χ2n) is 3.35. The van der Waals surface area contributed by atoms with Crippen molar-refractivity contribution >= 4 is 5.82 Å². The first-order chi connectivity index (χ1) is 6.11. The van der Waals surface area contributed by atoms with Crippen LogP contribution in [-0.4, -0.2) is 9.13 Å². The highest BCUT2D eigenvalue weighted by Crippen LogP contribution is 2.34. The van der Waals surface area contributed by atoms with E-state index >= 15 is 0 Å². The Kier molecular flexibility index (Phi) is 1.55. The van der Waals surface area contributed by atoms with Crippen LogP contribution in [0.1, 0.15) is 18.9 Å². The molecule has 0 atom stereocenters. The van der Waals surface area contributed by atoms with E-state index in [9.17, 15) is 9.59 Å². The van der Waals surface area contributed by atoms with Gasteiger partial charge in [0.2, 0.25) is 0 Å². The Morgan fingerprint density at radius 2 is 2.08 bits per heavy atom. The molecule has 1 aliphatic rings. The quantitative estimate of drug-likeness (QED) is 0.632. The predicted molar refractivity (Wildman–Crippen MR) is 48.6 cm³/mol. The third-order valence-electron chi connectivity index (χ3n) is 2.29. The summed E-state index contributed by atoms with van der Waals surface area (Å²) in [5.74, 6) is 0.274. The lowest BCUT2D eigenvalue weighted by Gasteiger charge is -2.08. The Morgan fingerprint density at radius 1 is 1.46 bits per heavy atom. The summed E-state index contributed by atoms with van der Waals surface area (Å²) in [7, 11) is 1.46. The molecule has 0 unspecified atom stereocenters. The molecule has 5 nitrogen and oxygen atoms in total. The summed E-state index contributed by atoms with van der Waals surface area (Å²) in [5.41, 5.74) is 4.92. The molecule has 2 rings (SSSR count). The molecule has 13 heavy (non-hydrogen) atoms. The first-order valence-corrected chi connectivity index (χ1v) is 4.19. The first-order valence-electron chi connectivity index (χ1n) is 4.19. The summed E-state index contributed by atoms with van der Waals surface area (Å²) in [6.07, 6.45) is 1.95. The largest absolute Gasteiger partial charge is 0.385 e. The molecule has 0 spiro atoms. The number of hydrogen-bond acceptors (Lipinski definition) is 3. The van der Waals surface area contributed by atoms with Gasteiger partial charge in [-0.1, -0.05) is 0 Å². The van der Waals surface area contributed by atoms with E-state index in [1.165, 1.54) is 17.7 Å². The van der Waals surface area contributed by atoms with E-state index in [1.54, 1.807) is 0 Å². The molecule has 0 saturated heterocycles. The maximum Gasteiger partial charge on any atom is 0.332 e. The van der Waals surface area contributed by atoms with Gasteiger partial charge in [-0.3, -0.25) is 13.9 Å². The minimum atomic E-state index is -0.348. The molecule has 5 heteroatoms. The second-order valence-corrected chi connectivity index (χ2v) is 3.35. The van der Waals surface area contributed by atoms with Crippen molar-refractivity contribution in [3.05, 3.63) is 26.9 Å². The Bertz CT molecular complexity index is 453. The van der Waals surface area contributed by atoms with Crippen LogP contribution in [0, 0.1) is 0 Å². The van der Waals surface area contributed by atoms with E-state index < -0.39 is 0 Å². The van der Waals surface area contributed by atoms with Crippen LogP contribution in [0.4, 0.5) is 5.82 Å². The molecule has 2 N–H and O–H groups in total. The summed E-state index contributed by atoms with van der Waals surface area (Å²) < 4.78 is 2.57. The summed E-state index contributed by atoms with van der Waals surface area (Å²) >= 11 is 0. The minimum absolute atomic E-state index is 0.208. The molecule has 0 radical (unpaired) electrons. The fourth-order valence-corrected chi connectivity index (χ4v) is 1.36. The van der Waals surface area contributed by atoms with E-state index in [0.29, 0.717) is 0 Å². The lowest BCUT2D eigenvalue weighted by atomic mass is 10.5. The van der Waals surface area contributed by atoms with Crippen LogP contribution in [0.25, 0.3) is 0 Å². The number of aromatic nitrogens is 2. The smallest absolute Gasteiger partial charge is 0.332 e. The molecule has 1 heterocycles. The topological polar surface area (TPSA) is 70.0 Å².